The Morgan fingerprint density at radius 2 is 2.05 bits per heavy atom. The third-order valence-electron chi connectivity index (χ3n) is 2.93. The van der Waals surface area contributed by atoms with Gasteiger partial charge in [-0.25, -0.2) is 4.98 Å². The average Bonchev–Trinajstić information content (AvgIpc) is 2.88. The molecule has 7 heteroatoms. The number of nitrogens with one attached hydrogen (secondary N) is 2. The smallest absolute Gasteiger partial charge is 0.295 e. The predicted octanol–water partition coefficient (Wildman–Crippen LogP) is 1.82. The molecule has 0 fully saturated rings. The van der Waals surface area contributed by atoms with Crippen LogP contribution in [-0.2, 0) is 5.41 Å². The first-order valence-electron chi connectivity index (χ1n) is 6.64. The van der Waals surface area contributed by atoms with Crippen LogP contribution in [0.25, 0.3) is 0 Å². The minimum Gasteiger partial charge on any atom is -0.376 e. The summed E-state index contributed by atoms with van der Waals surface area (Å²) in [5.74, 6) is 0.429. The molecule has 0 aliphatic rings. The molecule has 0 atom stereocenters. The highest BCUT2D eigenvalue weighted by Crippen LogP contribution is 2.23. The zero-order chi connectivity index (χ0) is 15.6. The van der Waals surface area contributed by atoms with Gasteiger partial charge in [-0.3, -0.25) is 14.9 Å². The molecule has 0 radical (unpaired) electrons. The average molecular weight is 288 g/mol. The van der Waals surface area contributed by atoms with Crippen molar-refractivity contribution in [3.05, 3.63) is 30.1 Å². The van der Waals surface area contributed by atoms with Crippen molar-refractivity contribution >= 4 is 17.3 Å². The van der Waals surface area contributed by atoms with Crippen molar-refractivity contribution in [1.29, 1.82) is 0 Å². The first-order valence-corrected chi connectivity index (χ1v) is 6.64. The van der Waals surface area contributed by atoms with Gasteiger partial charge in [-0.05, 0) is 6.07 Å². The van der Waals surface area contributed by atoms with Crippen molar-refractivity contribution in [2.24, 2.45) is 0 Å². The molecule has 0 spiro atoms. The maximum atomic E-state index is 12.2. The number of pyridine rings is 1. The molecule has 2 heterocycles. The van der Waals surface area contributed by atoms with Gasteiger partial charge in [0, 0.05) is 25.7 Å². The van der Waals surface area contributed by atoms with Crippen LogP contribution in [0.5, 0.6) is 0 Å². The van der Waals surface area contributed by atoms with E-state index >= 15 is 0 Å². The molecule has 2 aromatic rings. The maximum Gasteiger partial charge on any atom is 0.295 e. The normalized spacial score (nSPS) is 11.3. The van der Waals surface area contributed by atoms with E-state index in [1.54, 1.807) is 12.4 Å². The molecule has 0 aliphatic carbocycles. The van der Waals surface area contributed by atoms with Gasteiger partial charge in [0.15, 0.2) is 0 Å². The van der Waals surface area contributed by atoms with E-state index < -0.39 is 0 Å². The molecule has 21 heavy (non-hydrogen) atoms. The van der Waals surface area contributed by atoms with Crippen molar-refractivity contribution in [3.63, 3.8) is 0 Å². The van der Waals surface area contributed by atoms with E-state index in [1.165, 1.54) is 0 Å². The van der Waals surface area contributed by atoms with Gasteiger partial charge in [0.1, 0.15) is 5.82 Å². The number of nitrogens with zero attached hydrogens (tertiary/aromatic N) is 4. The van der Waals surface area contributed by atoms with E-state index in [0.29, 0.717) is 11.5 Å². The van der Waals surface area contributed by atoms with Crippen LogP contribution in [0.15, 0.2) is 18.5 Å². The molecule has 0 aromatic carbocycles. The minimum atomic E-state index is -0.363. The van der Waals surface area contributed by atoms with Gasteiger partial charge in [0.25, 0.3) is 5.91 Å². The van der Waals surface area contributed by atoms with Crippen LogP contribution in [0.4, 0.5) is 11.4 Å². The summed E-state index contributed by atoms with van der Waals surface area (Å²) < 4.78 is 0. The van der Waals surface area contributed by atoms with E-state index in [0.717, 1.165) is 5.69 Å². The number of hydrogen-bond donors (Lipinski definition) is 2. The highest BCUT2D eigenvalue weighted by atomic mass is 16.2. The first kappa shape index (κ1) is 15.0. The predicted molar refractivity (Wildman–Crippen MR) is 81.6 cm³/mol. The lowest BCUT2D eigenvalue weighted by molar-refractivity contribution is 0.101. The molecule has 7 nitrogen and oxygen atoms in total. The summed E-state index contributed by atoms with van der Waals surface area (Å²) in [6.45, 7) is 6.00. The molecule has 2 aromatic heterocycles. The Kier molecular flexibility index (Phi) is 3.93. The third-order valence-corrected chi connectivity index (χ3v) is 2.93. The second kappa shape index (κ2) is 5.51. The molecule has 1 amide bonds. The molecule has 2 rings (SSSR count). The monoisotopic (exact) mass is 288 g/mol. The van der Waals surface area contributed by atoms with Gasteiger partial charge in [0.2, 0.25) is 5.82 Å². The Labute approximate surface area is 123 Å². The van der Waals surface area contributed by atoms with E-state index in [4.69, 9.17) is 0 Å². The fourth-order valence-electron chi connectivity index (χ4n) is 1.75. The molecule has 0 saturated heterocycles. The van der Waals surface area contributed by atoms with Crippen LogP contribution in [0, 0.1) is 0 Å². The summed E-state index contributed by atoms with van der Waals surface area (Å²) in [6, 6.07) is 1.83. The van der Waals surface area contributed by atoms with E-state index in [-0.39, 0.29) is 17.1 Å². The Hall–Kier alpha value is -2.44. The number of aromatic nitrogens is 4. The van der Waals surface area contributed by atoms with Gasteiger partial charge >= 0.3 is 0 Å². The molecule has 0 saturated carbocycles. The van der Waals surface area contributed by atoms with Gasteiger partial charge in [0.05, 0.1) is 17.6 Å². The number of rotatable bonds is 3. The Balaban J connectivity index is 2.21. The molecular formula is C14H20N6O. The molecule has 112 valence electrons. The van der Waals surface area contributed by atoms with Gasteiger partial charge in [-0.2, -0.15) is 0 Å². The van der Waals surface area contributed by atoms with Crippen LogP contribution in [0.1, 0.15) is 37.2 Å². The molecule has 0 unspecified atom stereocenters. The van der Waals surface area contributed by atoms with Gasteiger partial charge in [-0.1, -0.05) is 20.8 Å². The topological polar surface area (TPSA) is 86.8 Å². The number of hydrogen-bond acceptors (Lipinski definition) is 5. The quantitative estimate of drug-likeness (QED) is 0.899. The summed E-state index contributed by atoms with van der Waals surface area (Å²) in [5.41, 5.74) is 1.30. The van der Waals surface area contributed by atoms with Crippen LogP contribution < -0.4 is 10.2 Å². The Morgan fingerprint density at radius 1 is 1.33 bits per heavy atom. The summed E-state index contributed by atoms with van der Waals surface area (Å²) in [5, 5.41) is 9.56. The van der Waals surface area contributed by atoms with Gasteiger partial charge < -0.3 is 10.2 Å². The molecular weight excluding hydrogens is 268 g/mol. The summed E-state index contributed by atoms with van der Waals surface area (Å²) in [4.78, 5) is 22.4. The van der Waals surface area contributed by atoms with Crippen molar-refractivity contribution in [2.45, 2.75) is 26.2 Å². The zero-order valence-corrected chi connectivity index (χ0v) is 12.9. The zero-order valence-electron chi connectivity index (χ0n) is 12.9. The number of carbonyl (C=O) groups is 1. The summed E-state index contributed by atoms with van der Waals surface area (Å²) in [6.07, 6.45) is 3.28. The maximum absolute atomic E-state index is 12.2. The Bertz CT molecular complexity index is 641. The highest BCUT2D eigenvalue weighted by Gasteiger charge is 2.21. The van der Waals surface area contributed by atoms with Crippen molar-refractivity contribution in [2.75, 3.05) is 24.3 Å². The lowest BCUT2D eigenvalue weighted by Crippen LogP contribution is -2.18. The Morgan fingerprint density at radius 3 is 2.62 bits per heavy atom. The fourth-order valence-corrected chi connectivity index (χ4v) is 1.75. The third kappa shape index (κ3) is 3.36. The lowest BCUT2D eigenvalue weighted by atomic mass is 9.96. The van der Waals surface area contributed by atoms with Crippen molar-refractivity contribution in [3.8, 4) is 0 Å². The van der Waals surface area contributed by atoms with E-state index in [1.807, 2.05) is 45.8 Å². The van der Waals surface area contributed by atoms with Gasteiger partial charge in [-0.15, -0.1) is 5.10 Å². The second-order valence-corrected chi connectivity index (χ2v) is 6.00. The number of aromatic amines is 1. The van der Waals surface area contributed by atoms with Crippen LogP contribution in [0.3, 0.4) is 0 Å². The highest BCUT2D eigenvalue weighted by molar-refractivity contribution is 6.03. The second-order valence-electron chi connectivity index (χ2n) is 6.00. The molecule has 0 aliphatic heterocycles. The van der Waals surface area contributed by atoms with E-state index in [2.05, 4.69) is 25.5 Å². The van der Waals surface area contributed by atoms with Crippen molar-refractivity contribution < 1.29 is 4.79 Å². The largest absolute Gasteiger partial charge is 0.376 e. The standard InChI is InChI=1S/C14H20N6O/c1-14(2,3)13-17-11(18-19-13)12(21)16-9-8-15-7-6-10(9)20(4)5/h6-8H,1-5H3,(H,16,21)(H,17,18,19). The first-order chi connectivity index (χ1) is 9.79. The van der Waals surface area contributed by atoms with Crippen LogP contribution in [-0.4, -0.2) is 40.2 Å². The fraction of sp³-hybridized carbons (Fsp3) is 0.429. The summed E-state index contributed by atoms with van der Waals surface area (Å²) in [7, 11) is 3.80. The molecule has 2 N–H and O–H groups in total. The molecule has 0 bridgehead atoms. The number of H-pyrrole nitrogens is 1. The summed E-state index contributed by atoms with van der Waals surface area (Å²) >= 11 is 0. The number of amides is 1. The SMILES string of the molecule is CN(C)c1ccncc1NC(=O)c1n[nH]c(C(C)(C)C)n1. The minimum absolute atomic E-state index is 0.119. The van der Waals surface area contributed by atoms with Crippen LogP contribution in [0.2, 0.25) is 0 Å². The number of carbonyl (C=O) groups excluding carboxylic acids is 1. The number of anilines is 2. The van der Waals surface area contributed by atoms with Crippen LogP contribution >= 0.6 is 0 Å². The lowest BCUT2D eigenvalue weighted by Gasteiger charge is -2.16. The van der Waals surface area contributed by atoms with Crippen molar-refractivity contribution in [1.82, 2.24) is 20.2 Å². The van der Waals surface area contributed by atoms with E-state index in [9.17, 15) is 4.79 Å².